The highest BCUT2D eigenvalue weighted by molar-refractivity contribution is 7.71. The smallest absolute Gasteiger partial charge is 0.217 e. The number of aliphatic hydroxyl groups is 3. The quantitative estimate of drug-likeness (QED) is 0.417. The van der Waals surface area contributed by atoms with E-state index in [1.807, 2.05) is 61.5 Å². The van der Waals surface area contributed by atoms with Gasteiger partial charge in [0, 0.05) is 18.2 Å². The molecule has 1 aromatic heterocycles. The Kier molecular flexibility index (Phi) is 6.73. The van der Waals surface area contributed by atoms with Gasteiger partial charge in [-0.2, -0.15) is 0 Å². The first kappa shape index (κ1) is 23.3. The third kappa shape index (κ3) is 4.48. The molecule has 0 radical (unpaired) electrons. The number of nitrogens with zero attached hydrogens (tertiary/aromatic N) is 3. The van der Waals surface area contributed by atoms with E-state index >= 15 is 0 Å². The number of carbonyl (C=O) groups is 1. The molecular weight excluding hydrogens is 444 g/mol. The van der Waals surface area contributed by atoms with Crippen molar-refractivity contribution >= 4 is 18.1 Å². The predicted molar refractivity (Wildman–Crippen MR) is 123 cm³/mol. The second-order valence-corrected chi connectivity index (χ2v) is 8.41. The molecule has 0 aliphatic carbocycles. The molecule has 0 unspecified atom stereocenters. The molecule has 1 saturated heterocycles. The van der Waals surface area contributed by atoms with E-state index in [4.69, 9.17) is 22.1 Å². The Hall–Kier alpha value is -2.89. The van der Waals surface area contributed by atoms with Crippen molar-refractivity contribution in [2.24, 2.45) is 0 Å². The van der Waals surface area contributed by atoms with Crippen molar-refractivity contribution < 1.29 is 24.9 Å². The number of aryl methyl sites for hydroxylation is 1. The van der Waals surface area contributed by atoms with Crippen LogP contribution in [0.4, 0.5) is 0 Å². The van der Waals surface area contributed by atoms with Crippen LogP contribution in [0, 0.1) is 11.7 Å². The number of hydrogen-bond acceptors (Lipinski definition) is 7. The summed E-state index contributed by atoms with van der Waals surface area (Å²) in [4.78, 5) is 11.9. The summed E-state index contributed by atoms with van der Waals surface area (Å²) in [5, 5.41) is 38.1. The molecule has 4 N–H and O–H groups in total. The van der Waals surface area contributed by atoms with Crippen LogP contribution in [0.2, 0.25) is 0 Å². The fourth-order valence-corrected chi connectivity index (χ4v) is 4.28. The molecule has 0 saturated carbocycles. The van der Waals surface area contributed by atoms with Gasteiger partial charge in [0.2, 0.25) is 10.7 Å². The number of rotatable bonds is 5. The SMILES string of the molecule is CC(=O)N[C@@H]1[C@H](O)[C@H](O)[C@@H](CO)O[C@H]1n1nc(-c2ccc(C)cc2)n(-c2ccccc2)c1=S. The molecule has 174 valence electrons. The Bertz CT molecular complexity index is 1180. The molecule has 4 rings (SSSR count). The predicted octanol–water partition coefficient (Wildman–Crippen LogP) is 1.49. The third-order valence-corrected chi connectivity index (χ3v) is 6.01. The number of carbonyl (C=O) groups excluding carboxylic acids is 1. The number of nitrogens with one attached hydrogen (secondary N) is 1. The maximum absolute atomic E-state index is 11.9. The molecule has 2 heterocycles. The zero-order valence-electron chi connectivity index (χ0n) is 18.2. The number of aliphatic hydroxyl groups excluding tert-OH is 3. The lowest BCUT2D eigenvalue weighted by atomic mass is 9.96. The van der Waals surface area contributed by atoms with Gasteiger partial charge in [0.1, 0.15) is 24.4 Å². The fraction of sp³-hybridized carbons (Fsp3) is 0.348. The molecule has 1 fully saturated rings. The van der Waals surface area contributed by atoms with Crippen LogP contribution in [-0.2, 0) is 9.53 Å². The van der Waals surface area contributed by atoms with E-state index in [-0.39, 0.29) is 4.77 Å². The molecule has 3 aromatic rings. The summed E-state index contributed by atoms with van der Waals surface area (Å²) in [5.41, 5.74) is 2.67. The molecule has 9 nitrogen and oxygen atoms in total. The monoisotopic (exact) mass is 470 g/mol. The van der Waals surface area contributed by atoms with Gasteiger partial charge in [-0.25, -0.2) is 4.68 Å². The number of ether oxygens (including phenoxy) is 1. The number of para-hydroxylation sites is 1. The summed E-state index contributed by atoms with van der Waals surface area (Å²) >= 11 is 5.78. The van der Waals surface area contributed by atoms with Crippen LogP contribution in [0.1, 0.15) is 18.7 Å². The van der Waals surface area contributed by atoms with Gasteiger partial charge in [-0.05, 0) is 31.3 Å². The van der Waals surface area contributed by atoms with Crippen LogP contribution >= 0.6 is 12.2 Å². The zero-order chi connectivity index (χ0) is 23.7. The topological polar surface area (TPSA) is 122 Å². The Morgan fingerprint density at radius 3 is 2.39 bits per heavy atom. The third-order valence-electron chi connectivity index (χ3n) is 5.64. The summed E-state index contributed by atoms with van der Waals surface area (Å²) < 4.78 is 9.34. The summed E-state index contributed by atoms with van der Waals surface area (Å²) in [7, 11) is 0. The Morgan fingerprint density at radius 1 is 1.12 bits per heavy atom. The van der Waals surface area contributed by atoms with Crippen molar-refractivity contribution in [3.05, 3.63) is 64.9 Å². The fourth-order valence-electron chi connectivity index (χ4n) is 3.95. The number of amides is 1. The van der Waals surface area contributed by atoms with Gasteiger partial charge in [-0.1, -0.05) is 48.0 Å². The van der Waals surface area contributed by atoms with E-state index in [1.165, 1.54) is 11.6 Å². The highest BCUT2D eigenvalue weighted by Gasteiger charge is 2.46. The molecule has 10 heteroatoms. The lowest BCUT2D eigenvalue weighted by Gasteiger charge is -2.42. The Morgan fingerprint density at radius 2 is 1.79 bits per heavy atom. The molecule has 1 aliphatic rings. The maximum Gasteiger partial charge on any atom is 0.217 e. The van der Waals surface area contributed by atoms with Gasteiger partial charge < -0.3 is 25.4 Å². The largest absolute Gasteiger partial charge is 0.394 e. The molecule has 5 atom stereocenters. The van der Waals surface area contributed by atoms with Crippen molar-refractivity contribution in [2.45, 2.75) is 44.4 Å². The van der Waals surface area contributed by atoms with Crippen LogP contribution in [0.5, 0.6) is 0 Å². The summed E-state index contributed by atoms with van der Waals surface area (Å²) in [6, 6.07) is 16.2. The van der Waals surface area contributed by atoms with Crippen molar-refractivity contribution in [1.82, 2.24) is 19.7 Å². The summed E-state index contributed by atoms with van der Waals surface area (Å²) in [6.45, 7) is 2.76. The molecule has 1 aliphatic heterocycles. The molecule has 1 amide bonds. The van der Waals surface area contributed by atoms with E-state index in [2.05, 4.69) is 5.32 Å². The van der Waals surface area contributed by atoms with Crippen molar-refractivity contribution in [3.8, 4) is 17.1 Å². The minimum absolute atomic E-state index is 0.261. The Labute approximate surface area is 195 Å². The van der Waals surface area contributed by atoms with Gasteiger partial charge in [-0.3, -0.25) is 9.36 Å². The first-order chi connectivity index (χ1) is 15.8. The Balaban J connectivity index is 1.90. The molecule has 0 bridgehead atoms. The van der Waals surface area contributed by atoms with Crippen LogP contribution in [-0.4, -0.2) is 66.5 Å². The van der Waals surface area contributed by atoms with Crippen molar-refractivity contribution in [2.75, 3.05) is 6.61 Å². The maximum atomic E-state index is 11.9. The average molecular weight is 471 g/mol. The highest BCUT2D eigenvalue weighted by atomic mass is 32.1. The number of hydrogen-bond donors (Lipinski definition) is 4. The minimum atomic E-state index is -1.41. The van der Waals surface area contributed by atoms with Gasteiger partial charge in [-0.15, -0.1) is 5.10 Å². The van der Waals surface area contributed by atoms with E-state index in [0.29, 0.717) is 5.82 Å². The van der Waals surface area contributed by atoms with Crippen LogP contribution in [0.3, 0.4) is 0 Å². The minimum Gasteiger partial charge on any atom is -0.394 e. The second-order valence-electron chi connectivity index (χ2n) is 8.04. The number of aromatic nitrogens is 3. The van der Waals surface area contributed by atoms with Gasteiger partial charge in [0.25, 0.3) is 0 Å². The first-order valence-electron chi connectivity index (χ1n) is 10.6. The first-order valence-corrected chi connectivity index (χ1v) is 11.0. The lowest BCUT2D eigenvalue weighted by molar-refractivity contribution is -0.219. The molecule has 33 heavy (non-hydrogen) atoms. The van der Waals surface area contributed by atoms with Crippen molar-refractivity contribution in [3.63, 3.8) is 0 Å². The average Bonchev–Trinajstić information content (AvgIpc) is 3.15. The highest BCUT2D eigenvalue weighted by Crippen LogP contribution is 2.31. The number of benzene rings is 2. The second kappa shape index (κ2) is 9.54. The van der Waals surface area contributed by atoms with Gasteiger partial charge >= 0.3 is 0 Å². The van der Waals surface area contributed by atoms with Gasteiger partial charge in [0.05, 0.1) is 6.61 Å². The van der Waals surface area contributed by atoms with E-state index in [9.17, 15) is 20.1 Å². The van der Waals surface area contributed by atoms with E-state index < -0.39 is 43.1 Å². The normalized spacial score (nSPS) is 25.1. The summed E-state index contributed by atoms with van der Waals surface area (Å²) in [6.07, 6.45) is -4.95. The van der Waals surface area contributed by atoms with E-state index in [0.717, 1.165) is 16.8 Å². The van der Waals surface area contributed by atoms with Gasteiger partial charge in [0.15, 0.2) is 12.1 Å². The standard InChI is InChI=1S/C23H26N4O5S/c1-13-8-10-15(11-9-13)21-25-27(23(33)26(21)16-6-4-3-5-7-16)22-18(24-14(2)29)20(31)19(30)17(12-28)32-22/h3-11,17-20,22,28,30-31H,12H2,1-2H3,(H,24,29)/t17-,18-,19-,20+,22-/m1/s1. The summed E-state index contributed by atoms with van der Waals surface area (Å²) in [5.74, 6) is 0.118. The van der Waals surface area contributed by atoms with Crippen LogP contribution in [0.15, 0.2) is 54.6 Å². The van der Waals surface area contributed by atoms with Crippen LogP contribution in [0.25, 0.3) is 17.1 Å². The molecular formula is C23H26N4O5S. The molecule has 2 aromatic carbocycles. The zero-order valence-corrected chi connectivity index (χ0v) is 19.0. The molecule has 0 spiro atoms. The van der Waals surface area contributed by atoms with Crippen molar-refractivity contribution in [1.29, 1.82) is 0 Å². The van der Waals surface area contributed by atoms with E-state index in [1.54, 1.807) is 4.57 Å². The van der Waals surface area contributed by atoms with Crippen LogP contribution < -0.4 is 5.32 Å². The lowest BCUT2D eigenvalue weighted by Crippen LogP contribution is -2.62.